The Morgan fingerprint density at radius 3 is 1.76 bits per heavy atom. The van der Waals surface area contributed by atoms with Crippen molar-refractivity contribution in [1.29, 1.82) is 0 Å². The van der Waals surface area contributed by atoms with Crippen LogP contribution in [0.3, 0.4) is 0 Å². The van der Waals surface area contributed by atoms with Gasteiger partial charge in [-0.15, -0.1) is 0 Å². The van der Waals surface area contributed by atoms with Crippen LogP contribution < -0.4 is 10.2 Å². The Bertz CT molecular complexity index is 1110. The van der Waals surface area contributed by atoms with Crippen molar-refractivity contribution in [2.24, 2.45) is 0 Å². The molecule has 0 amide bonds. The molecule has 4 aromatic rings. The second-order valence-corrected chi connectivity index (χ2v) is 5.94. The molecule has 7 heteroatoms. The van der Waals surface area contributed by atoms with Gasteiger partial charge in [-0.3, -0.25) is 0 Å². The van der Waals surface area contributed by atoms with Crippen molar-refractivity contribution in [3.8, 4) is 11.5 Å². The maximum absolute atomic E-state index is 11.5. The molecule has 0 saturated heterocycles. The standard InChI is InChI=1S/2C11H8O3.Cu/c2*12-10-8-4-2-1-3-7(8)5-6-9(10)11(13)14;/h2*1-6,12H,(H,13,14);/q;;+2/p-2. The van der Waals surface area contributed by atoms with Crippen LogP contribution in [0.5, 0.6) is 11.5 Å². The zero-order valence-corrected chi connectivity index (χ0v) is 15.7. The molecule has 0 aliphatic carbocycles. The number of phenols is 1. The summed E-state index contributed by atoms with van der Waals surface area (Å²) >= 11 is 0. The van der Waals surface area contributed by atoms with Crippen molar-refractivity contribution in [2.75, 3.05) is 0 Å². The van der Waals surface area contributed by atoms with Crippen LogP contribution in [-0.2, 0) is 17.1 Å². The summed E-state index contributed by atoms with van der Waals surface area (Å²) in [6.07, 6.45) is 0. The Labute approximate surface area is 176 Å². The van der Waals surface area contributed by atoms with Gasteiger partial charge in [-0.1, -0.05) is 72.5 Å². The number of fused-ring (bicyclic) bond motifs is 2. The van der Waals surface area contributed by atoms with Crippen LogP contribution in [0.4, 0.5) is 0 Å². The number of carbonyl (C=O) groups excluding carboxylic acids is 1. The average Bonchev–Trinajstić information content (AvgIpc) is 2.69. The summed E-state index contributed by atoms with van der Waals surface area (Å²) in [5.41, 5.74) is -0.354. The van der Waals surface area contributed by atoms with Crippen molar-refractivity contribution in [3.63, 3.8) is 0 Å². The third-order valence-electron chi connectivity index (χ3n) is 4.23. The predicted octanol–water partition coefficient (Wildman–Crippen LogP) is 2.52. The predicted molar refractivity (Wildman–Crippen MR) is 100 cm³/mol. The summed E-state index contributed by atoms with van der Waals surface area (Å²) in [5.74, 6) is -3.20. The second-order valence-electron chi connectivity index (χ2n) is 5.94. The molecule has 0 fully saturated rings. The number of aromatic hydroxyl groups is 1. The molecular formula is C22H14CuO6. The van der Waals surface area contributed by atoms with E-state index in [2.05, 4.69) is 0 Å². The third-order valence-corrected chi connectivity index (χ3v) is 4.23. The number of carboxylic acid groups (broad SMARTS) is 2. The van der Waals surface area contributed by atoms with E-state index in [1.165, 1.54) is 12.1 Å². The van der Waals surface area contributed by atoms with Gasteiger partial charge in [-0.05, 0) is 27.8 Å². The molecule has 4 rings (SSSR count). The monoisotopic (exact) mass is 437 g/mol. The molecule has 2 N–H and O–H groups in total. The molecule has 0 spiro atoms. The summed E-state index contributed by atoms with van der Waals surface area (Å²) < 4.78 is 0. The summed E-state index contributed by atoms with van der Waals surface area (Å²) in [6, 6.07) is 19.9. The first-order valence-electron chi connectivity index (χ1n) is 8.24. The van der Waals surface area contributed by atoms with Crippen LogP contribution >= 0.6 is 0 Å². The average molecular weight is 438 g/mol. The molecule has 29 heavy (non-hydrogen) atoms. The van der Waals surface area contributed by atoms with Crippen molar-refractivity contribution < 1.29 is 47.1 Å². The van der Waals surface area contributed by atoms with Gasteiger partial charge in [0.15, 0.2) is 0 Å². The molecule has 6 nitrogen and oxygen atoms in total. The number of rotatable bonds is 2. The van der Waals surface area contributed by atoms with Crippen molar-refractivity contribution in [1.82, 2.24) is 0 Å². The molecule has 0 aliphatic heterocycles. The first kappa shape index (κ1) is 21.8. The van der Waals surface area contributed by atoms with Gasteiger partial charge in [0.2, 0.25) is 0 Å². The van der Waals surface area contributed by atoms with Crippen LogP contribution in [0.25, 0.3) is 21.5 Å². The van der Waals surface area contributed by atoms with E-state index in [0.717, 1.165) is 10.8 Å². The molecule has 0 unspecified atom stereocenters. The number of hydrogen-bond acceptors (Lipinski definition) is 5. The van der Waals surface area contributed by atoms with Crippen LogP contribution in [0.15, 0.2) is 72.8 Å². The van der Waals surface area contributed by atoms with Gasteiger partial charge in [-0.2, -0.15) is 0 Å². The summed E-state index contributed by atoms with van der Waals surface area (Å²) in [5, 5.41) is 43.0. The summed E-state index contributed by atoms with van der Waals surface area (Å²) in [7, 11) is 0. The fourth-order valence-electron chi connectivity index (χ4n) is 2.83. The van der Waals surface area contributed by atoms with Gasteiger partial charge in [0.1, 0.15) is 11.3 Å². The molecule has 0 aromatic heterocycles. The van der Waals surface area contributed by atoms with Gasteiger partial charge >= 0.3 is 23.0 Å². The molecule has 4 aromatic carbocycles. The Morgan fingerprint density at radius 2 is 1.21 bits per heavy atom. The molecule has 0 bridgehead atoms. The molecule has 0 heterocycles. The van der Waals surface area contributed by atoms with E-state index < -0.39 is 17.7 Å². The Morgan fingerprint density at radius 1 is 0.724 bits per heavy atom. The van der Waals surface area contributed by atoms with Gasteiger partial charge in [0.05, 0.1) is 5.97 Å². The van der Waals surface area contributed by atoms with E-state index >= 15 is 0 Å². The third kappa shape index (κ3) is 4.48. The Kier molecular flexibility index (Phi) is 6.83. The SMILES string of the molecule is O=C(O)c1ccc2ccccc2c1O.O=C([O-])c1ccc2ccccc2c1[O-].[Cu+2]. The number of benzene rings is 4. The first-order chi connectivity index (χ1) is 13.4. The zero-order chi connectivity index (χ0) is 20.3. The largest absolute Gasteiger partial charge is 2.00 e. The smallest absolute Gasteiger partial charge is 0.872 e. The van der Waals surface area contributed by atoms with Crippen LogP contribution in [-0.4, -0.2) is 22.2 Å². The van der Waals surface area contributed by atoms with Crippen molar-refractivity contribution >= 4 is 33.5 Å². The Balaban J connectivity index is 0.000000200. The number of aromatic carboxylic acids is 2. The maximum atomic E-state index is 11.5. The maximum Gasteiger partial charge on any atom is 2.00 e. The Hall–Kier alpha value is -3.54. The van der Waals surface area contributed by atoms with E-state index in [9.17, 15) is 24.9 Å². The van der Waals surface area contributed by atoms with E-state index in [0.29, 0.717) is 10.8 Å². The normalized spacial score (nSPS) is 9.93. The van der Waals surface area contributed by atoms with Gasteiger partial charge in [0, 0.05) is 5.39 Å². The quantitative estimate of drug-likeness (QED) is 0.465. The first-order valence-corrected chi connectivity index (χ1v) is 8.24. The number of hydrogen-bond donors (Lipinski definition) is 2. The van der Waals surface area contributed by atoms with Gasteiger partial charge < -0.3 is 25.2 Å². The number of carboxylic acids is 2. The molecule has 0 aliphatic rings. The minimum Gasteiger partial charge on any atom is -0.872 e. The summed E-state index contributed by atoms with van der Waals surface area (Å²) in [4.78, 5) is 21.3. The van der Waals surface area contributed by atoms with Gasteiger partial charge in [-0.25, -0.2) is 4.79 Å². The summed E-state index contributed by atoms with van der Waals surface area (Å²) in [6.45, 7) is 0. The minimum absolute atomic E-state index is 0. The van der Waals surface area contributed by atoms with E-state index in [1.807, 2.05) is 12.1 Å². The molecular weight excluding hydrogens is 424 g/mol. The topological polar surface area (TPSA) is 121 Å². The van der Waals surface area contributed by atoms with Crippen LogP contribution in [0.2, 0.25) is 0 Å². The molecule has 1 radical (unpaired) electrons. The fraction of sp³-hybridized carbons (Fsp3) is 0. The minimum atomic E-state index is -1.43. The molecule has 149 valence electrons. The molecule has 0 atom stereocenters. The second kappa shape index (κ2) is 9.10. The van der Waals surface area contributed by atoms with Crippen molar-refractivity contribution in [2.45, 2.75) is 0 Å². The van der Waals surface area contributed by atoms with E-state index in [4.69, 9.17) is 5.11 Å². The van der Waals surface area contributed by atoms with Crippen molar-refractivity contribution in [3.05, 3.63) is 83.9 Å². The van der Waals surface area contributed by atoms with E-state index in [1.54, 1.807) is 48.5 Å². The number of carbonyl (C=O) groups is 2. The zero-order valence-electron chi connectivity index (χ0n) is 14.8. The van der Waals surface area contributed by atoms with E-state index in [-0.39, 0.29) is 33.9 Å². The van der Waals surface area contributed by atoms with Crippen LogP contribution in [0.1, 0.15) is 20.7 Å². The fourth-order valence-corrected chi connectivity index (χ4v) is 2.83. The molecule has 0 saturated carbocycles. The van der Waals surface area contributed by atoms with Gasteiger partial charge in [0.25, 0.3) is 0 Å². The van der Waals surface area contributed by atoms with Crippen LogP contribution in [0, 0.1) is 0 Å².